The van der Waals surface area contributed by atoms with Crippen LogP contribution in [0.25, 0.3) is 21.8 Å². The van der Waals surface area contributed by atoms with Gasteiger partial charge in [-0.25, -0.2) is 9.37 Å². The number of nitrogens with one attached hydrogen (secondary N) is 2. The van der Waals surface area contributed by atoms with Gasteiger partial charge in [0.25, 0.3) is 5.56 Å². The van der Waals surface area contributed by atoms with Crippen LogP contribution in [-0.2, 0) is 6.42 Å². The molecule has 3 heterocycles. The Bertz CT molecular complexity index is 1220. The zero-order chi connectivity index (χ0) is 19.8. The summed E-state index contributed by atoms with van der Waals surface area (Å²) in [6.45, 7) is 2.99. The summed E-state index contributed by atoms with van der Waals surface area (Å²) in [5, 5.41) is 1.61. The fourth-order valence-electron chi connectivity index (χ4n) is 4.37. The second-order valence-corrected chi connectivity index (χ2v) is 7.84. The molecular formula is C23H23FN4O. The van der Waals surface area contributed by atoms with E-state index in [1.165, 1.54) is 28.6 Å². The van der Waals surface area contributed by atoms with E-state index in [0.29, 0.717) is 10.9 Å². The molecule has 6 heteroatoms. The lowest BCUT2D eigenvalue weighted by Gasteiger charge is -2.31. The first-order chi connectivity index (χ1) is 14.2. The second kappa shape index (κ2) is 7.44. The van der Waals surface area contributed by atoms with Crippen molar-refractivity contribution in [2.24, 2.45) is 0 Å². The number of aromatic nitrogens is 3. The van der Waals surface area contributed by atoms with Crippen molar-refractivity contribution in [2.45, 2.75) is 25.2 Å². The maximum atomic E-state index is 13.4. The zero-order valence-corrected chi connectivity index (χ0v) is 16.1. The molecule has 0 aliphatic carbocycles. The number of para-hydroxylation sites is 1. The number of hydrogen-bond acceptors (Lipinski definition) is 3. The van der Waals surface area contributed by atoms with Crippen LogP contribution in [0.4, 0.5) is 4.39 Å². The first kappa shape index (κ1) is 18.1. The van der Waals surface area contributed by atoms with E-state index in [-0.39, 0.29) is 11.5 Å². The van der Waals surface area contributed by atoms with Gasteiger partial charge >= 0.3 is 0 Å². The molecule has 0 atom stereocenters. The summed E-state index contributed by atoms with van der Waals surface area (Å²) < 4.78 is 13.4. The third-order valence-electron chi connectivity index (χ3n) is 6.03. The number of H-pyrrole nitrogens is 2. The van der Waals surface area contributed by atoms with Gasteiger partial charge in [-0.1, -0.05) is 18.2 Å². The number of benzene rings is 2. The Kier molecular flexibility index (Phi) is 4.64. The van der Waals surface area contributed by atoms with Crippen LogP contribution in [0.1, 0.15) is 30.1 Å². The first-order valence-electron chi connectivity index (χ1n) is 10.1. The monoisotopic (exact) mass is 390 g/mol. The number of fused-ring (bicyclic) bond motifs is 2. The van der Waals surface area contributed by atoms with Gasteiger partial charge in [-0.2, -0.15) is 0 Å². The van der Waals surface area contributed by atoms with Crippen molar-refractivity contribution >= 4 is 21.8 Å². The molecule has 5 nitrogen and oxygen atoms in total. The third-order valence-corrected chi connectivity index (χ3v) is 6.03. The topological polar surface area (TPSA) is 64.8 Å². The van der Waals surface area contributed by atoms with Gasteiger partial charge in [-0.05, 0) is 62.2 Å². The van der Waals surface area contributed by atoms with Gasteiger partial charge in [0.15, 0.2) is 0 Å². The average Bonchev–Trinajstić information content (AvgIpc) is 3.16. The second-order valence-electron chi connectivity index (χ2n) is 7.84. The van der Waals surface area contributed by atoms with E-state index in [4.69, 9.17) is 0 Å². The number of nitrogens with zero attached hydrogens (tertiary/aromatic N) is 2. The first-order valence-corrected chi connectivity index (χ1v) is 10.1. The standard InChI is InChI=1S/C23H23FN4O/c24-17-5-6-21-19(13-17)23(29)27-22(26-21)15-7-10-28(11-8-15)12-9-16-14-25-20-4-2-1-3-18(16)20/h1-6,13-15,25H,7-12H2,(H,26,27,29). The summed E-state index contributed by atoms with van der Waals surface area (Å²) in [6, 6.07) is 12.6. The van der Waals surface area contributed by atoms with Gasteiger partial charge in [0.1, 0.15) is 11.6 Å². The van der Waals surface area contributed by atoms with Crippen molar-refractivity contribution in [2.75, 3.05) is 19.6 Å². The third kappa shape index (κ3) is 3.56. The van der Waals surface area contributed by atoms with Crippen LogP contribution in [0.15, 0.2) is 53.5 Å². The van der Waals surface area contributed by atoms with Gasteiger partial charge in [0.2, 0.25) is 0 Å². The summed E-state index contributed by atoms with van der Waals surface area (Å²) in [5.41, 5.74) is 2.85. The molecule has 1 saturated heterocycles. The van der Waals surface area contributed by atoms with E-state index in [9.17, 15) is 9.18 Å². The van der Waals surface area contributed by atoms with Crippen molar-refractivity contribution < 1.29 is 4.39 Å². The Morgan fingerprint density at radius 3 is 2.79 bits per heavy atom. The molecule has 5 rings (SSSR count). The van der Waals surface area contributed by atoms with E-state index < -0.39 is 5.82 Å². The number of likely N-dealkylation sites (tertiary alicyclic amines) is 1. The quantitative estimate of drug-likeness (QED) is 0.554. The molecule has 1 aliphatic heterocycles. The van der Waals surface area contributed by atoms with Gasteiger partial charge in [0.05, 0.1) is 10.9 Å². The number of piperidine rings is 1. The van der Waals surface area contributed by atoms with E-state index in [0.717, 1.165) is 44.7 Å². The molecule has 1 fully saturated rings. The Balaban J connectivity index is 1.24. The van der Waals surface area contributed by atoms with Crippen LogP contribution < -0.4 is 5.56 Å². The summed E-state index contributed by atoms with van der Waals surface area (Å²) in [6.07, 6.45) is 5.06. The Morgan fingerprint density at radius 1 is 1.10 bits per heavy atom. The fourth-order valence-corrected chi connectivity index (χ4v) is 4.37. The molecule has 4 aromatic rings. The zero-order valence-electron chi connectivity index (χ0n) is 16.1. The summed E-state index contributed by atoms with van der Waals surface area (Å²) in [5.74, 6) is 0.549. The highest BCUT2D eigenvalue weighted by Gasteiger charge is 2.23. The Morgan fingerprint density at radius 2 is 1.93 bits per heavy atom. The molecule has 2 aromatic heterocycles. The van der Waals surface area contributed by atoms with Gasteiger partial charge in [-0.15, -0.1) is 0 Å². The number of aromatic amines is 2. The fraction of sp³-hybridized carbons (Fsp3) is 0.304. The predicted octanol–water partition coefficient (Wildman–Crippen LogP) is 3.97. The molecule has 0 saturated carbocycles. The molecule has 0 unspecified atom stereocenters. The highest BCUT2D eigenvalue weighted by atomic mass is 19.1. The van der Waals surface area contributed by atoms with Crippen LogP contribution in [0.2, 0.25) is 0 Å². The van der Waals surface area contributed by atoms with Crippen molar-refractivity contribution in [1.29, 1.82) is 0 Å². The molecular weight excluding hydrogens is 367 g/mol. The smallest absolute Gasteiger partial charge is 0.258 e. The van der Waals surface area contributed by atoms with E-state index in [1.54, 1.807) is 6.07 Å². The van der Waals surface area contributed by atoms with Gasteiger partial charge in [0, 0.05) is 29.6 Å². The van der Waals surface area contributed by atoms with Gasteiger partial charge in [-0.3, -0.25) is 4.79 Å². The van der Waals surface area contributed by atoms with Crippen molar-refractivity contribution in [3.63, 3.8) is 0 Å². The highest BCUT2D eigenvalue weighted by Crippen LogP contribution is 2.26. The molecule has 0 radical (unpaired) electrons. The minimum absolute atomic E-state index is 0.237. The highest BCUT2D eigenvalue weighted by molar-refractivity contribution is 5.83. The van der Waals surface area contributed by atoms with Crippen LogP contribution in [-0.4, -0.2) is 39.5 Å². The number of halogens is 1. The molecule has 0 amide bonds. The predicted molar refractivity (Wildman–Crippen MR) is 113 cm³/mol. The molecule has 1 aliphatic rings. The minimum atomic E-state index is -0.416. The summed E-state index contributed by atoms with van der Waals surface area (Å²) >= 11 is 0. The number of hydrogen-bond donors (Lipinski definition) is 2. The van der Waals surface area contributed by atoms with Crippen LogP contribution >= 0.6 is 0 Å². The Labute approximate surface area is 167 Å². The molecule has 0 spiro atoms. The molecule has 2 aromatic carbocycles. The van der Waals surface area contributed by atoms with E-state index in [2.05, 4.69) is 50.3 Å². The van der Waals surface area contributed by atoms with Crippen LogP contribution in [0.3, 0.4) is 0 Å². The van der Waals surface area contributed by atoms with Crippen LogP contribution in [0.5, 0.6) is 0 Å². The van der Waals surface area contributed by atoms with E-state index >= 15 is 0 Å². The molecule has 29 heavy (non-hydrogen) atoms. The molecule has 0 bridgehead atoms. The SMILES string of the molecule is O=c1[nH]c(C2CCN(CCc3c[nH]c4ccccc34)CC2)nc2ccc(F)cc12. The number of rotatable bonds is 4. The normalized spacial score (nSPS) is 16.0. The maximum Gasteiger partial charge on any atom is 0.258 e. The minimum Gasteiger partial charge on any atom is -0.361 e. The van der Waals surface area contributed by atoms with Gasteiger partial charge < -0.3 is 14.9 Å². The Hall–Kier alpha value is -2.99. The average molecular weight is 390 g/mol. The lowest BCUT2D eigenvalue weighted by molar-refractivity contribution is 0.211. The lowest BCUT2D eigenvalue weighted by Crippen LogP contribution is -2.35. The molecule has 2 N–H and O–H groups in total. The maximum absolute atomic E-state index is 13.4. The summed E-state index contributed by atoms with van der Waals surface area (Å²) in [4.78, 5) is 25.6. The largest absolute Gasteiger partial charge is 0.361 e. The lowest BCUT2D eigenvalue weighted by atomic mass is 9.95. The molecule has 148 valence electrons. The van der Waals surface area contributed by atoms with Crippen molar-refractivity contribution in [1.82, 2.24) is 19.9 Å². The van der Waals surface area contributed by atoms with Crippen molar-refractivity contribution in [3.05, 3.63) is 76.2 Å². The summed E-state index contributed by atoms with van der Waals surface area (Å²) in [7, 11) is 0. The van der Waals surface area contributed by atoms with E-state index in [1.807, 2.05) is 0 Å². The van der Waals surface area contributed by atoms with Crippen molar-refractivity contribution in [3.8, 4) is 0 Å². The van der Waals surface area contributed by atoms with Crippen LogP contribution in [0, 0.1) is 5.82 Å².